The van der Waals surface area contributed by atoms with Gasteiger partial charge in [0.1, 0.15) is 11.6 Å². The van der Waals surface area contributed by atoms with Crippen LogP contribution in [0.1, 0.15) is 33.9 Å². The third kappa shape index (κ3) is 2.73. The van der Waals surface area contributed by atoms with E-state index in [1.807, 2.05) is 27.0 Å². The normalized spacial score (nSPS) is 12.5. The fraction of sp³-hybridized carbons (Fsp3) is 0.294. The highest BCUT2D eigenvalue weighted by atomic mass is 19.1. The zero-order chi connectivity index (χ0) is 14.9. The van der Waals surface area contributed by atoms with Gasteiger partial charge in [0.05, 0.1) is 6.04 Å². The molecule has 2 rings (SSSR count). The highest BCUT2D eigenvalue weighted by Crippen LogP contribution is 2.29. The lowest BCUT2D eigenvalue weighted by atomic mass is 9.91. The quantitative estimate of drug-likeness (QED) is 0.885. The topological polar surface area (TPSA) is 12.0 Å². The summed E-state index contributed by atoms with van der Waals surface area (Å²) in [4.78, 5) is 0. The molecule has 0 aliphatic heterocycles. The zero-order valence-corrected chi connectivity index (χ0v) is 12.2. The maximum Gasteiger partial charge on any atom is 0.126 e. The third-order valence-electron chi connectivity index (χ3n) is 3.67. The van der Waals surface area contributed by atoms with Gasteiger partial charge in [-0.05, 0) is 73.8 Å². The van der Waals surface area contributed by atoms with E-state index in [0.717, 1.165) is 22.3 Å². The molecule has 1 unspecified atom stereocenters. The lowest BCUT2D eigenvalue weighted by Gasteiger charge is -2.22. The van der Waals surface area contributed by atoms with Gasteiger partial charge in [0.15, 0.2) is 0 Å². The standard InChI is InChI=1S/C17H19F2N/c1-10-5-6-13(9-15(10)19)17(20-4)16-11(2)7-14(18)8-12(16)3/h5-9,17,20H,1-4H3. The summed E-state index contributed by atoms with van der Waals surface area (Å²) in [6.45, 7) is 5.49. The average Bonchev–Trinajstić information content (AvgIpc) is 2.37. The Labute approximate surface area is 118 Å². The molecule has 0 saturated heterocycles. The number of hydrogen-bond acceptors (Lipinski definition) is 1. The molecule has 0 aromatic heterocycles. The largest absolute Gasteiger partial charge is 0.309 e. The fourth-order valence-electron chi connectivity index (χ4n) is 2.64. The molecule has 0 radical (unpaired) electrons. The minimum atomic E-state index is -0.242. The number of benzene rings is 2. The van der Waals surface area contributed by atoms with Gasteiger partial charge < -0.3 is 5.32 Å². The van der Waals surface area contributed by atoms with Gasteiger partial charge in [0, 0.05) is 0 Å². The molecule has 0 fully saturated rings. The van der Waals surface area contributed by atoms with Crippen LogP contribution in [0.2, 0.25) is 0 Å². The molecule has 20 heavy (non-hydrogen) atoms. The number of hydrogen-bond donors (Lipinski definition) is 1. The van der Waals surface area contributed by atoms with Crippen LogP contribution >= 0.6 is 0 Å². The van der Waals surface area contributed by atoms with Gasteiger partial charge in [-0.15, -0.1) is 0 Å². The maximum absolute atomic E-state index is 13.8. The number of nitrogens with one attached hydrogen (secondary N) is 1. The van der Waals surface area contributed by atoms with Gasteiger partial charge in [-0.25, -0.2) is 8.78 Å². The number of aryl methyl sites for hydroxylation is 3. The first-order valence-electron chi connectivity index (χ1n) is 6.64. The van der Waals surface area contributed by atoms with E-state index in [-0.39, 0.29) is 17.7 Å². The third-order valence-corrected chi connectivity index (χ3v) is 3.67. The van der Waals surface area contributed by atoms with Crippen LogP contribution < -0.4 is 5.32 Å². The van der Waals surface area contributed by atoms with E-state index in [2.05, 4.69) is 5.32 Å². The van der Waals surface area contributed by atoms with Crippen LogP contribution in [0.15, 0.2) is 30.3 Å². The van der Waals surface area contributed by atoms with Gasteiger partial charge >= 0.3 is 0 Å². The van der Waals surface area contributed by atoms with E-state index >= 15 is 0 Å². The van der Waals surface area contributed by atoms with Crippen molar-refractivity contribution < 1.29 is 8.78 Å². The second-order valence-corrected chi connectivity index (χ2v) is 5.18. The minimum absolute atomic E-state index is 0.148. The molecule has 1 nitrogen and oxygen atoms in total. The van der Waals surface area contributed by atoms with Crippen LogP contribution in [0, 0.1) is 32.4 Å². The van der Waals surface area contributed by atoms with Crippen LogP contribution in [0.3, 0.4) is 0 Å². The molecule has 0 saturated carbocycles. The second kappa shape index (κ2) is 5.71. The summed E-state index contributed by atoms with van der Waals surface area (Å²) < 4.78 is 27.2. The van der Waals surface area contributed by atoms with Gasteiger partial charge in [-0.1, -0.05) is 12.1 Å². The Morgan fingerprint density at radius 3 is 2.00 bits per heavy atom. The fourth-order valence-corrected chi connectivity index (χ4v) is 2.64. The molecule has 0 heterocycles. The van der Waals surface area contributed by atoms with Gasteiger partial charge in [-0.2, -0.15) is 0 Å². The minimum Gasteiger partial charge on any atom is -0.309 e. The van der Waals surface area contributed by atoms with E-state index in [1.54, 1.807) is 19.1 Å². The van der Waals surface area contributed by atoms with Crippen LogP contribution in [0.5, 0.6) is 0 Å². The highest BCUT2D eigenvalue weighted by molar-refractivity contribution is 5.43. The van der Waals surface area contributed by atoms with Crippen molar-refractivity contribution in [2.45, 2.75) is 26.8 Å². The first kappa shape index (κ1) is 14.7. The van der Waals surface area contributed by atoms with Crippen LogP contribution in [0.4, 0.5) is 8.78 Å². The number of rotatable bonds is 3. The van der Waals surface area contributed by atoms with Gasteiger partial charge in [0.25, 0.3) is 0 Å². The summed E-state index contributed by atoms with van der Waals surface area (Å²) >= 11 is 0. The summed E-state index contributed by atoms with van der Waals surface area (Å²) in [6, 6.07) is 8.09. The molecule has 106 valence electrons. The van der Waals surface area contributed by atoms with Crippen molar-refractivity contribution in [3.63, 3.8) is 0 Å². The predicted molar refractivity (Wildman–Crippen MR) is 77.9 cm³/mol. The first-order valence-corrected chi connectivity index (χ1v) is 6.64. The molecule has 1 atom stereocenters. The summed E-state index contributed by atoms with van der Waals surface area (Å²) in [5.74, 6) is -0.464. The van der Waals surface area contributed by atoms with E-state index < -0.39 is 0 Å². The summed E-state index contributed by atoms with van der Waals surface area (Å²) in [5, 5.41) is 3.19. The molecule has 2 aromatic carbocycles. The summed E-state index contributed by atoms with van der Waals surface area (Å²) in [6.07, 6.45) is 0. The Hall–Kier alpha value is -1.74. The lowest BCUT2D eigenvalue weighted by molar-refractivity contribution is 0.604. The first-order chi connectivity index (χ1) is 9.43. The molecule has 0 aliphatic rings. The van der Waals surface area contributed by atoms with Crippen molar-refractivity contribution in [3.05, 3.63) is 69.8 Å². The molecular weight excluding hydrogens is 256 g/mol. The Kier molecular flexibility index (Phi) is 4.19. The Bertz CT molecular complexity index is 612. The molecule has 0 amide bonds. The molecule has 1 N–H and O–H groups in total. The van der Waals surface area contributed by atoms with Crippen molar-refractivity contribution >= 4 is 0 Å². The molecule has 3 heteroatoms. The van der Waals surface area contributed by atoms with E-state index in [9.17, 15) is 8.78 Å². The van der Waals surface area contributed by atoms with Crippen molar-refractivity contribution in [2.75, 3.05) is 7.05 Å². The van der Waals surface area contributed by atoms with E-state index in [4.69, 9.17) is 0 Å². The smallest absolute Gasteiger partial charge is 0.126 e. The van der Waals surface area contributed by atoms with Crippen molar-refractivity contribution in [3.8, 4) is 0 Å². The molecule has 2 aromatic rings. The Balaban J connectivity index is 2.55. The monoisotopic (exact) mass is 275 g/mol. The van der Waals surface area contributed by atoms with E-state index in [0.29, 0.717) is 5.56 Å². The highest BCUT2D eigenvalue weighted by Gasteiger charge is 2.18. The lowest BCUT2D eigenvalue weighted by Crippen LogP contribution is -2.20. The van der Waals surface area contributed by atoms with Crippen LogP contribution in [-0.2, 0) is 0 Å². The Morgan fingerprint density at radius 1 is 0.900 bits per heavy atom. The maximum atomic E-state index is 13.8. The SMILES string of the molecule is CNC(c1ccc(C)c(F)c1)c1c(C)cc(F)cc1C. The summed E-state index contributed by atoms with van der Waals surface area (Å²) in [5.41, 5.74) is 4.19. The Morgan fingerprint density at radius 2 is 1.50 bits per heavy atom. The molecular formula is C17H19F2N. The average molecular weight is 275 g/mol. The summed E-state index contributed by atoms with van der Waals surface area (Å²) in [7, 11) is 1.82. The van der Waals surface area contributed by atoms with Crippen molar-refractivity contribution in [1.82, 2.24) is 5.32 Å². The number of halogens is 2. The van der Waals surface area contributed by atoms with Gasteiger partial charge in [0.2, 0.25) is 0 Å². The zero-order valence-electron chi connectivity index (χ0n) is 12.2. The van der Waals surface area contributed by atoms with Crippen LogP contribution in [0.25, 0.3) is 0 Å². The predicted octanol–water partition coefficient (Wildman–Crippen LogP) is 4.20. The van der Waals surface area contributed by atoms with E-state index in [1.165, 1.54) is 12.1 Å². The molecule has 0 aliphatic carbocycles. The van der Waals surface area contributed by atoms with Crippen LogP contribution in [-0.4, -0.2) is 7.05 Å². The van der Waals surface area contributed by atoms with Crippen molar-refractivity contribution in [1.29, 1.82) is 0 Å². The van der Waals surface area contributed by atoms with Gasteiger partial charge in [-0.3, -0.25) is 0 Å². The van der Waals surface area contributed by atoms with Crippen molar-refractivity contribution in [2.24, 2.45) is 0 Å². The molecule has 0 spiro atoms. The molecule has 0 bridgehead atoms. The second-order valence-electron chi connectivity index (χ2n) is 5.18.